The summed E-state index contributed by atoms with van der Waals surface area (Å²) in [6.45, 7) is 12.9. The van der Waals surface area contributed by atoms with Crippen molar-refractivity contribution < 1.29 is 4.74 Å². The first kappa shape index (κ1) is 12.9. The molecule has 0 amide bonds. The van der Waals surface area contributed by atoms with Crippen LogP contribution < -0.4 is 5.32 Å². The largest absolute Gasteiger partial charge is 0.384 e. The van der Waals surface area contributed by atoms with E-state index in [1.54, 1.807) is 7.11 Å². The van der Waals surface area contributed by atoms with Crippen LogP contribution in [0.2, 0.25) is 0 Å². The van der Waals surface area contributed by atoms with E-state index >= 15 is 0 Å². The predicted molar refractivity (Wildman–Crippen MR) is 58.0 cm³/mol. The van der Waals surface area contributed by atoms with E-state index in [0.717, 1.165) is 19.6 Å². The van der Waals surface area contributed by atoms with Crippen LogP contribution in [-0.4, -0.2) is 25.8 Å². The van der Waals surface area contributed by atoms with Gasteiger partial charge in [-0.05, 0) is 39.2 Å². The molecule has 0 spiro atoms. The Morgan fingerprint density at radius 1 is 1.08 bits per heavy atom. The van der Waals surface area contributed by atoms with Gasteiger partial charge in [0.2, 0.25) is 0 Å². The summed E-state index contributed by atoms with van der Waals surface area (Å²) < 4.78 is 5.16. The Labute approximate surface area is 83.1 Å². The lowest BCUT2D eigenvalue weighted by Crippen LogP contribution is -2.38. The number of hydrogen-bond acceptors (Lipinski definition) is 2. The van der Waals surface area contributed by atoms with Crippen LogP contribution in [0, 0.1) is 5.41 Å². The van der Waals surface area contributed by atoms with Crippen molar-refractivity contribution in [2.75, 3.05) is 20.3 Å². The summed E-state index contributed by atoms with van der Waals surface area (Å²) in [4.78, 5) is 0. The Balaban J connectivity index is 3.63. The summed E-state index contributed by atoms with van der Waals surface area (Å²) in [5, 5.41) is 3.48. The van der Waals surface area contributed by atoms with Gasteiger partial charge in [-0.1, -0.05) is 13.8 Å². The lowest BCUT2D eigenvalue weighted by molar-refractivity contribution is 0.0968. The lowest BCUT2D eigenvalue weighted by Gasteiger charge is -2.27. The van der Waals surface area contributed by atoms with Gasteiger partial charge >= 0.3 is 0 Å². The highest BCUT2D eigenvalue weighted by molar-refractivity contribution is 4.74. The van der Waals surface area contributed by atoms with Crippen molar-refractivity contribution in [1.29, 1.82) is 0 Å². The monoisotopic (exact) mass is 187 g/mol. The van der Waals surface area contributed by atoms with Gasteiger partial charge in [0.05, 0.1) is 6.61 Å². The molecule has 0 rings (SSSR count). The first-order chi connectivity index (χ1) is 5.77. The summed E-state index contributed by atoms with van der Waals surface area (Å²) in [5.74, 6) is 0. The third-order valence-corrected chi connectivity index (χ3v) is 1.99. The van der Waals surface area contributed by atoms with E-state index < -0.39 is 0 Å². The molecule has 1 N–H and O–H groups in total. The van der Waals surface area contributed by atoms with E-state index in [2.05, 4.69) is 39.9 Å². The SMILES string of the molecule is COCC(C)(C)CCNC(C)(C)C. The molecule has 13 heavy (non-hydrogen) atoms. The average molecular weight is 187 g/mol. The molecular formula is C11H25NO. The zero-order valence-electron chi connectivity index (χ0n) is 10.0. The van der Waals surface area contributed by atoms with E-state index in [0.29, 0.717) is 0 Å². The molecular weight excluding hydrogens is 162 g/mol. The Morgan fingerprint density at radius 3 is 2.00 bits per heavy atom. The molecule has 0 heterocycles. The Hall–Kier alpha value is -0.0800. The molecule has 0 bridgehead atoms. The third-order valence-electron chi connectivity index (χ3n) is 1.99. The number of hydrogen-bond donors (Lipinski definition) is 1. The summed E-state index contributed by atoms with van der Waals surface area (Å²) in [6, 6.07) is 0. The molecule has 0 atom stereocenters. The van der Waals surface area contributed by atoms with Crippen molar-refractivity contribution in [3.8, 4) is 0 Å². The third kappa shape index (κ3) is 8.26. The summed E-state index contributed by atoms with van der Waals surface area (Å²) in [7, 11) is 1.76. The van der Waals surface area contributed by atoms with Crippen LogP contribution in [0.5, 0.6) is 0 Å². The first-order valence-corrected chi connectivity index (χ1v) is 5.01. The zero-order valence-corrected chi connectivity index (χ0v) is 10.0. The van der Waals surface area contributed by atoms with Crippen LogP contribution in [0.3, 0.4) is 0 Å². The molecule has 2 nitrogen and oxygen atoms in total. The number of rotatable bonds is 5. The normalized spacial score (nSPS) is 13.4. The molecule has 0 aromatic rings. The van der Waals surface area contributed by atoms with Gasteiger partial charge in [-0.2, -0.15) is 0 Å². The molecule has 0 radical (unpaired) electrons. The Morgan fingerprint density at radius 2 is 1.62 bits per heavy atom. The van der Waals surface area contributed by atoms with Crippen LogP contribution in [0.1, 0.15) is 41.0 Å². The number of nitrogens with one attached hydrogen (secondary N) is 1. The van der Waals surface area contributed by atoms with Gasteiger partial charge < -0.3 is 10.1 Å². The van der Waals surface area contributed by atoms with Crippen molar-refractivity contribution in [2.45, 2.75) is 46.6 Å². The maximum absolute atomic E-state index is 5.16. The maximum atomic E-state index is 5.16. The fraction of sp³-hybridized carbons (Fsp3) is 1.00. The number of ether oxygens (including phenoxy) is 1. The molecule has 0 unspecified atom stereocenters. The van der Waals surface area contributed by atoms with E-state index in [1.165, 1.54) is 0 Å². The minimum Gasteiger partial charge on any atom is -0.384 e. The second-order valence-electron chi connectivity index (χ2n) is 5.52. The fourth-order valence-corrected chi connectivity index (χ4v) is 1.24. The van der Waals surface area contributed by atoms with E-state index in [9.17, 15) is 0 Å². The average Bonchev–Trinajstić information content (AvgIpc) is 1.82. The van der Waals surface area contributed by atoms with E-state index in [4.69, 9.17) is 4.74 Å². The van der Waals surface area contributed by atoms with Crippen LogP contribution >= 0.6 is 0 Å². The van der Waals surface area contributed by atoms with Gasteiger partial charge in [0.1, 0.15) is 0 Å². The van der Waals surface area contributed by atoms with Crippen molar-refractivity contribution in [1.82, 2.24) is 5.32 Å². The molecule has 0 saturated heterocycles. The highest BCUT2D eigenvalue weighted by atomic mass is 16.5. The number of methoxy groups -OCH3 is 1. The smallest absolute Gasteiger partial charge is 0.0513 e. The summed E-state index contributed by atoms with van der Waals surface area (Å²) in [5.41, 5.74) is 0.510. The quantitative estimate of drug-likeness (QED) is 0.714. The molecule has 0 aliphatic heterocycles. The van der Waals surface area contributed by atoms with Crippen molar-refractivity contribution in [2.24, 2.45) is 5.41 Å². The van der Waals surface area contributed by atoms with Gasteiger partial charge in [0.25, 0.3) is 0 Å². The van der Waals surface area contributed by atoms with Crippen LogP contribution in [0.15, 0.2) is 0 Å². The highest BCUT2D eigenvalue weighted by Gasteiger charge is 2.18. The van der Waals surface area contributed by atoms with Gasteiger partial charge in [-0.25, -0.2) is 0 Å². The van der Waals surface area contributed by atoms with Crippen LogP contribution in [0.4, 0.5) is 0 Å². The molecule has 0 aliphatic carbocycles. The molecule has 0 saturated carbocycles. The molecule has 2 heteroatoms. The second-order valence-corrected chi connectivity index (χ2v) is 5.52. The van der Waals surface area contributed by atoms with Crippen LogP contribution in [-0.2, 0) is 4.74 Å². The standard InChI is InChI=1S/C11H25NO/c1-10(2,3)12-8-7-11(4,5)9-13-6/h12H,7-9H2,1-6H3. The Kier molecular flexibility index (Phi) is 4.93. The molecule has 0 aromatic carbocycles. The van der Waals surface area contributed by atoms with Gasteiger partial charge in [-0.15, -0.1) is 0 Å². The lowest BCUT2D eigenvalue weighted by atomic mass is 9.90. The summed E-state index contributed by atoms with van der Waals surface area (Å²) >= 11 is 0. The van der Waals surface area contributed by atoms with E-state index in [-0.39, 0.29) is 11.0 Å². The maximum Gasteiger partial charge on any atom is 0.0513 e. The molecule has 0 aliphatic rings. The van der Waals surface area contributed by atoms with Crippen LogP contribution in [0.25, 0.3) is 0 Å². The fourth-order valence-electron chi connectivity index (χ4n) is 1.24. The zero-order chi connectivity index (χ0) is 10.5. The Bertz CT molecular complexity index is 136. The second kappa shape index (κ2) is 4.97. The van der Waals surface area contributed by atoms with Crippen molar-refractivity contribution in [3.63, 3.8) is 0 Å². The topological polar surface area (TPSA) is 21.3 Å². The first-order valence-electron chi connectivity index (χ1n) is 5.01. The minimum absolute atomic E-state index is 0.225. The predicted octanol–water partition coefficient (Wildman–Crippen LogP) is 2.44. The summed E-state index contributed by atoms with van der Waals surface area (Å²) in [6.07, 6.45) is 1.15. The molecule has 0 aromatic heterocycles. The molecule has 0 fully saturated rings. The van der Waals surface area contributed by atoms with Gasteiger partial charge in [-0.3, -0.25) is 0 Å². The van der Waals surface area contributed by atoms with Gasteiger partial charge in [0, 0.05) is 12.6 Å². The van der Waals surface area contributed by atoms with Crippen molar-refractivity contribution in [3.05, 3.63) is 0 Å². The minimum atomic E-state index is 0.225. The highest BCUT2D eigenvalue weighted by Crippen LogP contribution is 2.19. The van der Waals surface area contributed by atoms with E-state index in [1.807, 2.05) is 0 Å². The van der Waals surface area contributed by atoms with Gasteiger partial charge in [0.15, 0.2) is 0 Å². The molecule has 80 valence electrons. The van der Waals surface area contributed by atoms with Crippen molar-refractivity contribution >= 4 is 0 Å².